The Kier molecular flexibility index (Phi) is 11.9. The first-order chi connectivity index (χ1) is 13.6. The molecule has 0 saturated heterocycles. The number of phenolic OH excluding ortho intramolecular Hbond substituents is 3. The summed E-state index contributed by atoms with van der Waals surface area (Å²) in [7, 11) is 0. The van der Waals surface area contributed by atoms with Gasteiger partial charge in [-0.3, -0.25) is 0 Å². The number of hydrogen-bond donors (Lipinski definition) is 3. The Balaban J connectivity index is 0.000000187. The van der Waals surface area contributed by atoms with Crippen LogP contribution in [0.25, 0.3) is 0 Å². The highest BCUT2D eigenvalue weighted by Gasteiger charge is 1.76. The molecule has 0 aromatic heterocycles. The molecule has 0 atom stereocenters. The van der Waals surface area contributed by atoms with Crippen LogP contribution in [0.15, 0.2) is 121 Å². The summed E-state index contributed by atoms with van der Waals surface area (Å²) >= 11 is 5.54. The first-order valence-corrected chi connectivity index (χ1v) is 8.88. The smallest absolute Gasteiger partial charge is 0.115 e. The standard InChI is InChI=1S/C6H5Cl.3C6H6O/c4*7-6-4-2-1-3-5-6/h1-5H;3*1-5,7H. The van der Waals surface area contributed by atoms with E-state index in [4.69, 9.17) is 26.9 Å². The third kappa shape index (κ3) is 12.9. The van der Waals surface area contributed by atoms with Crippen LogP contribution < -0.4 is 0 Å². The van der Waals surface area contributed by atoms with Crippen LogP contribution in [0.4, 0.5) is 0 Å². The monoisotopic (exact) mass is 394 g/mol. The second-order valence-corrected chi connectivity index (χ2v) is 5.74. The van der Waals surface area contributed by atoms with Crippen LogP contribution in [-0.4, -0.2) is 15.3 Å². The molecule has 144 valence electrons. The zero-order chi connectivity index (χ0) is 20.5. The number of benzene rings is 4. The van der Waals surface area contributed by atoms with Gasteiger partial charge in [0.25, 0.3) is 0 Å². The van der Waals surface area contributed by atoms with Crippen LogP contribution in [0.2, 0.25) is 5.02 Å². The molecule has 0 aliphatic rings. The largest absolute Gasteiger partial charge is 0.508 e. The third-order valence-corrected chi connectivity index (χ3v) is 3.25. The first-order valence-electron chi connectivity index (χ1n) is 8.50. The zero-order valence-corrected chi connectivity index (χ0v) is 16.0. The summed E-state index contributed by atoms with van der Waals surface area (Å²) in [5.41, 5.74) is 0. The van der Waals surface area contributed by atoms with E-state index >= 15 is 0 Å². The minimum absolute atomic E-state index is 0.322. The highest BCUT2D eigenvalue weighted by atomic mass is 35.5. The predicted molar refractivity (Wildman–Crippen MR) is 116 cm³/mol. The molecule has 0 fully saturated rings. The van der Waals surface area contributed by atoms with E-state index in [0.717, 1.165) is 5.02 Å². The topological polar surface area (TPSA) is 60.7 Å². The van der Waals surface area contributed by atoms with E-state index in [1.54, 1.807) is 72.8 Å². The van der Waals surface area contributed by atoms with Gasteiger partial charge in [-0.05, 0) is 48.5 Å². The SMILES string of the molecule is Clc1ccccc1.Oc1ccccc1.Oc1ccccc1.Oc1ccccc1. The second-order valence-electron chi connectivity index (χ2n) is 5.30. The fourth-order valence-corrected chi connectivity index (χ4v) is 1.84. The molecule has 0 amide bonds. The van der Waals surface area contributed by atoms with Crippen molar-refractivity contribution in [1.82, 2.24) is 0 Å². The van der Waals surface area contributed by atoms with Crippen molar-refractivity contribution in [3.8, 4) is 17.2 Å². The van der Waals surface area contributed by atoms with Crippen LogP contribution in [0, 0.1) is 0 Å². The Morgan fingerprint density at radius 3 is 0.679 bits per heavy atom. The normalized spacial score (nSPS) is 8.61. The molecule has 0 aliphatic heterocycles. The third-order valence-electron chi connectivity index (χ3n) is 3.00. The molecular weight excluding hydrogens is 372 g/mol. The van der Waals surface area contributed by atoms with E-state index in [1.165, 1.54) is 0 Å². The minimum atomic E-state index is 0.322. The van der Waals surface area contributed by atoms with E-state index in [-0.39, 0.29) is 0 Å². The summed E-state index contributed by atoms with van der Waals surface area (Å²) in [4.78, 5) is 0. The maximum Gasteiger partial charge on any atom is 0.115 e. The van der Waals surface area contributed by atoms with E-state index in [0.29, 0.717) is 17.2 Å². The number of aromatic hydroxyl groups is 3. The molecule has 0 bridgehead atoms. The van der Waals surface area contributed by atoms with Crippen molar-refractivity contribution < 1.29 is 15.3 Å². The van der Waals surface area contributed by atoms with Crippen molar-refractivity contribution in [3.05, 3.63) is 126 Å². The lowest BCUT2D eigenvalue weighted by atomic mass is 10.3. The van der Waals surface area contributed by atoms with E-state index in [2.05, 4.69) is 0 Å². The molecule has 0 radical (unpaired) electrons. The number of halogens is 1. The lowest BCUT2D eigenvalue weighted by Gasteiger charge is -1.82. The van der Waals surface area contributed by atoms with Crippen LogP contribution in [0.1, 0.15) is 0 Å². The van der Waals surface area contributed by atoms with Gasteiger partial charge in [-0.1, -0.05) is 84.4 Å². The average molecular weight is 395 g/mol. The summed E-state index contributed by atoms with van der Waals surface area (Å²) in [5.74, 6) is 0.965. The van der Waals surface area contributed by atoms with Crippen molar-refractivity contribution in [2.24, 2.45) is 0 Å². The maximum absolute atomic E-state index is 8.63. The van der Waals surface area contributed by atoms with Crippen LogP contribution >= 0.6 is 11.6 Å². The molecule has 0 spiro atoms. The molecule has 4 aromatic rings. The van der Waals surface area contributed by atoms with Crippen molar-refractivity contribution in [3.63, 3.8) is 0 Å². The summed E-state index contributed by atoms with van der Waals surface area (Å²) in [6, 6.07) is 35.6. The highest BCUT2D eigenvalue weighted by molar-refractivity contribution is 6.30. The van der Waals surface area contributed by atoms with E-state index < -0.39 is 0 Å². The Morgan fingerprint density at radius 2 is 0.571 bits per heavy atom. The molecule has 28 heavy (non-hydrogen) atoms. The Hall–Kier alpha value is -3.43. The number of para-hydroxylation sites is 3. The van der Waals surface area contributed by atoms with Crippen LogP contribution in [-0.2, 0) is 0 Å². The number of hydrogen-bond acceptors (Lipinski definition) is 3. The summed E-state index contributed by atoms with van der Waals surface area (Å²) in [6.45, 7) is 0. The summed E-state index contributed by atoms with van der Waals surface area (Å²) in [5, 5.41) is 26.7. The molecule has 0 aliphatic carbocycles. The van der Waals surface area contributed by atoms with Gasteiger partial charge in [0, 0.05) is 5.02 Å². The van der Waals surface area contributed by atoms with Gasteiger partial charge in [0.2, 0.25) is 0 Å². The molecule has 4 rings (SSSR count). The molecule has 0 saturated carbocycles. The fraction of sp³-hybridized carbons (Fsp3) is 0. The Bertz CT molecular complexity index is 690. The van der Waals surface area contributed by atoms with Gasteiger partial charge >= 0.3 is 0 Å². The quantitative estimate of drug-likeness (QED) is 0.318. The van der Waals surface area contributed by atoms with Gasteiger partial charge in [-0.2, -0.15) is 0 Å². The average Bonchev–Trinajstić information content (AvgIpc) is 2.72. The lowest BCUT2D eigenvalue weighted by Crippen LogP contribution is -1.56. The van der Waals surface area contributed by atoms with Crippen LogP contribution in [0.5, 0.6) is 17.2 Å². The van der Waals surface area contributed by atoms with Crippen molar-refractivity contribution >= 4 is 11.6 Å². The maximum atomic E-state index is 8.63. The molecule has 4 heteroatoms. The Labute approximate surface area is 170 Å². The molecule has 4 aromatic carbocycles. The lowest BCUT2D eigenvalue weighted by molar-refractivity contribution is 0.475. The number of rotatable bonds is 0. The predicted octanol–water partition coefficient (Wildman–Crippen LogP) is 6.52. The fourth-order valence-electron chi connectivity index (χ4n) is 1.70. The van der Waals surface area contributed by atoms with Crippen LogP contribution in [0.3, 0.4) is 0 Å². The first kappa shape index (κ1) is 22.6. The van der Waals surface area contributed by atoms with Crippen molar-refractivity contribution in [2.45, 2.75) is 0 Å². The molecule has 3 nitrogen and oxygen atoms in total. The van der Waals surface area contributed by atoms with Gasteiger partial charge < -0.3 is 15.3 Å². The Morgan fingerprint density at radius 1 is 0.357 bits per heavy atom. The zero-order valence-electron chi connectivity index (χ0n) is 15.3. The highest BCUT2D eigenvalue weighted by Crippen LogP contribution is 2.04. The molecular formula is C24H23ClO3. The minimum Gasteiger partial charge on any atom is -0.508 e. The van der Waals surface area contributed by atoms with Crippen molar-refractivity contribution in [2.75, 3.05) is 0 Å². The van der Waals surface area contributed by atoms with Gasteiger partial charge in [-0.15, -0.1) is 0 Å². The van der Waals surface area contributed by atoms with Gasteiger partial charge in [0.1, 0.15) is 17.2 Å². The van der Waals surface area contributed by atoms with E-state index in [9.17, 15) is 0 Å². The molecule has 0 unspecified atom stereocenters. The summed E-state index contributed by atoms with van der Waals surface area (Å²) in [6.07, 6.45) is 0. The molecule has 3 N–H and O–H groups in total. The molecule has 0 heterocycles. The van der Waals surface area contributed by atoms with Gasteiger partial charge in [0.15, 0.2) is 0 Å². The van der Waals surface area contributed by atoms with Crippen molar-refractivity contribution in [1.29, 1.82) is 0 Å². The van der Waals surface area contributed by atoms with Gasteiger partial charge in [0.05, 0.1) is 0 Å². The summed E-state index contributed by atoms with van der Waals surface area (Å²) < 4.78 is 0. The van der Waals surface area contributed by atoms with E-state index in [1.807, 2.05) is 48.5 Å². The number of phenols is 3. The van der Waals surface area contributed by atoms with Gasteiger partial charge in [-0.25, -0.2) is 0 Å². The second kappa shape index (κ2) is 14.7.